The molecule has 0 aromatic rings. The second kappa shape index (κ2) is 3.74. The van der Waals surface area contributed by atoms with Crippen LogP contribution in [0, 0.1) is 5.92 Å². The van der Waals surface area contributed by atoms with E-state index in [1.54, 1.807) is 0 Å². The summed E-state index contributed by atoms with van der Waals surface area (Å²) in [6.45, 7) is 4.41. The first-order valence-electron chi connectivity index (χ1n) is 3.71. The molecular weight excluding hydrogens is 128 g/mol. The Bertz CT molecular complexity index is 120. The minimum atomic E-state index is -0.163. The number of rotatable bonds is 3. The van der Waals surface area contributed by atoms with Gasteiger partial charge in [0, 0.05) is 5.92 Å². The monoisotopic (exact) mass is 142 g/mol. The van der Waals surface area contributed by atoms with Gasteiger partial charge in [0.1, 0.15) is 6.79 Å². The van der Waals surface area contributed by atoms with Gasteiger partial charge in [0.25, 0.3) is 0 Å². The van der Waals surface area contributed by atoms with Gasteiger partial charge in [0.05, 0.1) is 6.61 Å². The van der Waals surface area contributed by atoms with Crippen molar-refractivity contribution in [2.24, 2.45) is 5.92 Å². The number of aliphatic hydroxyl groups is 1. The molecule has 10 heavy (non-hydrogen) atoms. The summed E-state index contributed by atoms with van der Waals surface area (Å²) in [7, 11) is 0. The minimum absolute atomic E-state index is 0.163. The molecule has 0 radical (unpaired) electrons. The minimum Gasteiger partial charge on any atom is -0.371 e. The van der Waals surface area contributed by atoms with Crippen LogP contribution in [0.25, 0.3) is 0 Å². The average molecular weight is 142 g/mol. The molecular formula is C8H14O2. The van der Waals surface area contributed by atoms with Gasteiger partial charge < -0.3 is 9.84 Å². The lowest BCUT2D eigenvalue weighted by Crippen LogP contribution is -2.07. The second-order valence-electron chi connectivity index (χ2n) is 2.75. The maximum atomic E-state index is 8.36. The lowest BCUT2D eigenvalue weighted by molar-refractivity contribution is -0.0121. The zero-order valence-corrected chi connectivity index (χ0v) is 6.18. The molecule has 0 amide bonds. The van der Waals surface area contributed by atoms with Crippen LogP contribution < -0.4 is 0 Å². The van der Waals surface area contributed by atoms with Gasteiger partial charge in [-0.3, -0.25) is 0 Å². The lowest BCUT2D eigenvalue weighted by atomic mass is 10.1. The molecule has 1 saturated carbocycles. The molecule has 1 unspecified atom stereocenters. The fourth-order valence-electron chi connectivity index (χ4n) is 1.38. The maximum Gasteiger partial charge on any atom is 0.143 e. The van der Waals surface area contributed by atoms with Crippen molar-refractivity contribution in [3.63, 3.8) is 0 Å². The number of ether oxygens (including phenoxy) is 1. The van der Waals surface area contributed by atoms with Crippen molar-refractivity contribution in [1.29, 1.82) is 0 Å². The Labute approximate surface area is 61.5 Å². The van der Waals surface area contributed by atoms with Crippen LogP contribution in [0.2, 0.25) is 0 Å². The highest BCUT2D eigenvalue weighted by Gasteiger charge is 2.18. The highest BCUT2D eigenvalue weighted by molar-refractivity contribution is 5.05. The van der Waals surface area contributed by atoms with E-state index < -0.39 is 0 Å². The Hall–Kier alpha value is -0.340. The quantitative estimate of drug-likeness (QED) is 0.475. The van der Waals surface area contributed by atoms with Crippen molar-refractivity contribution < 1.29 is 9.84 Å². The fourth-order valence-corrected chi connectivity index (χ4v) is 1.38. The second-order valence-corrected chi connectivity index (χ2v) is 2.75. The van der Waals surface area contributed by atoms with Crippen molar-refractivity contribution in [3.8, 4) is 0 Å². The molecule has 58 valence electrons. The highest BCUT2D eigenvalue weighted by atomic mass is 16.6. The molecule has 2 heteroatoms. The van der Waals surface area contributed by atoms with E-state index in [-0.39, 0.29) is 6.79 Å². The first-order chi connectivity index (χ1) is 4.84. The number of hydrogen-bond acceptors (Lipinski definition) is 2. The molecule has 1 rings (SSSR count). The van der Waals surface area contributed by atoms with Crippen molar-refractivity contribution in [3.05, 3.63) is 12.2 Å². The molecule has 1 atom stereocenters. The van der Waals surface area contributed by atoms with Gasteiger partial charge in [-0.15, -0.1) is 0 Å². The molecule has 1 N–H and O–H groups in total. The Kier molecular flexibility index (Phi) is 2.90. The Morgan fingerprint density at radius 3 is 3.00 bits per heavy atom. The summed E-state index contributed by atoms with van der Waals surface area (Å²) in [6, 6.07) is 0. The first kappa shape index (κ1) is 7.76. The molecule has 0 aliphatic heterocycles. The van der Waals surface area contributed by atoms with Gasteiger partial charge in [-0.1, -0.05) is 12.2 Å². The zero-order chi connectivity index (χ0) is 7.40. The van der Waals surface area contributed by atoms with Crippen LogP contribution in [0.5, 0.6) is 0 Å². The van der Waals surface area contributed by atoms with Gasteiger partial charge in [-0.05, 0) is 19.3 Å². The standard InChI is InChI=1S/C8H14O2/c1-7-3-2-4-8(7)5-10-6-9/h8-9H,1-6H2. The van der Waals surface area contributed by atoms with Gasteiger partial charge in [0.15, 0.2) is 0 Å². The van der Waals surface area contributed by atoms with Crippen LogP contribution >= 0.6 is 0 Å². The SMILES string of the molecule is C=C1CCCC1COCO. The first-order valence-corrected chi connectivity index (χ1v) is 3.71. The molecule has 0 aromatic carbocycles. The molecule has 1 aliphatic carbocycles. The number of hydrogen-bond donors (Lipinski definition) is 1. The smallest absolute Gasteiger partial charge is 0.143 e. The predicted octanol–water partition coefficient (Wildman–Crippen LogP) is 1.31. The molecule has 0 heterocycles. The van der Waals surface area contributed by atoms with Crippen LogP contribution in [-0.2, 0) is 4.74 Å². The van der Waals surface area contributed by atoms with Crippen LogP contribution in [0.3, 0.4) is 0 Å². The van der Waals surface area contributed by atoms with Gasteiger partial charge in [0.2, 0.25) is 0 Å². The van der Waals surface area contributed by atoms with E-state index in [9.17, 15) is 0 Å². The van der Waals surface area contributed by atoms with Crippen molar-refractivity contribution >= 4 is 0 Å². The molecule has 1 fully saturated rings. The fraction of sp³-hybridized carbons (Fsp3) is 0.750. The molecule has 0 bridgehead atoms. The summed E-state index contributed by atoms with van der Waals surface area (Å²) < 4.78 is 4.88. The van der Waals surface area contributed by atoms with Crippen molar-refractivity contribution in [2.75, 3.05) is 13.4 Å². The van der Waals surface area contributed by atoms with Crippen LogP contribution in [-0.4, -0.2) is 18.5 Å². The summed E-state index contributed by atoms with van der Waals surface area (Å²) in [5.41, 5.74) is 1.29. The predicted molar refractivity (Wildman–Crippen MR) is 39.5 cm³/mol. The van der Waals surface area contributed by atoms with Gasteiger partial charge in [-0.2, -0.15) is 0 Å². The van der Waals surface area contributed by atoms with Crippen molar-refractivity contribution in [2.45, 2.75) is 19.3 Å². The third-order valence-electron chi connectivity index (χ3n) is 2.04. The van der Waals surface area contributed by atoms with E-state index in [1.807, 2.05) is 0 Å². The number of aliphatic hydroxyl groups excluding tert-OH is 1. The van der Waals surface area contributed by atoms with E-state index in [1.165, 1.54) is 18.4 Å². The molecule has 0 aromatic heterocycles. The van der Waals surface area contributed by atoms with E-state index in [0.717, 1.165) is 6.42 Å². The van der Waals surface area contributed by atoms with Crippen LogP contribution in [0.1, 0.15) is 19.3 Å². The summed E-state index contributed by atoms with van der Waals surface area (Å²) in [5, 5.41) is 8.36. The lowest BCUT2D eigenvalue weighted by Gasteiger charge is -2.08. The third-order valence-corrected chi connectivity index (χ3v) is 2.04. The Morgan fingerprint density at radius 2 is 2.50 bits per heavy atom. The van der Waals surface area contributed by atoms with Crippen LogP contribution in [0.15, 0.2) is 12.2 Å². The third kappa shape index (κ3) is 1.82. The van der Waals surface area contributed by atoms with Gasteiger partial charge in [-0.25, -0.2) is 0 Å². The van der Waals surface area contributed by atoms with E-state index in [2.05, 4.69) is 6.58 Å². The summed E-state index contributed by atoms with van der Waals surface area (Å²) in [6.07, 6.45) is 3.55. The maximum absolute atomic E-state index is 8.36. The van der Waals surface area contributed by atoms with Gasteiger partial charge >= 0.3 is 0 Å². The highest BCUT2D eigenvalue weighted by Crippen LogP contribution is 2.29. The van der Waals surface area contributed by atoms with E-state index in [0.29, 0.717) is 12.5 Å². The van der Waals surface area contributed by atoms with E-state index >= 15 is 0 Å². The topological polar surface area (TPSA) is 29.5 Å². The molecule has 0 spiro atoms. The average Bonchev–Trinajstić information content (AvgIpc) is 2.31. The van der Waals surface area contributed by atoms with E-state index in [4.69, 9.17) is 9.84 Å². The summed E-state index contributed by atoms with van der Waals surface area (Å²) in [5.74, 6) is 0.507. The van der Waals surface area contributed by atoms with Crippen LogP contribution in [0.4, 0.5) is 0 Å². The largest absolute Gasteiger partial charge is 0.371 e. The Balaban J connectivity index is 2.20. The summed E-state index contributed by atoms with van der Waals surface area (Å²) in [4.78, 5) is 0. The zero-order valence-electron chi connectivity index (χ0n) is 6.18. The summed E-state index contributed by atoms with van der Waals surface area (Å²) >= 11 is 0. The van der Waals surface area contributed by atoms with Crippen molar-refractivity contribution in [1.82, 2.24) is 0 Å². The normalized spacial score (nSPS) is 25.7. The molecule has 1 aliphatic rings. The molecule has 0 saturated heterocycles. The molecule has 2 nitrogen and oxygen atoms in total. The Morgan fingerprint density at radius 1 is 1.70 bits per heavy atom.